The second kappa shape index (κ2) is 22.9. The maximum absolute atomic E-state index is 12.5. The molecule has 39 heavy (non-hydrogen) atoms. The molecule has 0 saturated carbocycles. The Labute approximate surface area is 238 Å². The van der Waals surface area contributed by atoms with Crippen molar-refractivity contribution in [2.45, 2.75) is 168 Å². The number of carboxylic acid groups (broad SMARTS) is 3. The second-order valence-electron chi connectivity index (χ2n) is 11.2. The second-order valence-corrected chi connectivity index (χ2v) is 11.2. The van der Waals surface area contributed by atoms with Gasteiger partial charge in [-0.2, -0.15) is 0 Å². The molecular weight excluding hydrogens is 494 g/mol. The molecule has 228 valence electrons. The van der Waals surface area contributed by atoms with Crippen LogP contribution in [0.5, 0.6) is 0 Å². The third-order valence-corrected chi connectivity index (χ3v) is 8.09. The van der Waals surface area contributed by atoms with Crippen molar-refractivity contribution in [3.05, 3.63) is 12.2 Å². The van der Waals surface area contributed by atoms with Crippen molar-refractivity contribution in [3.63, 3.8) is 0 Å². The SMILES string of the molecule is CCCCCCCCCCC/C=C/CCCC[N+](C(CCC)C(=O)O)(C(CCC)C(=O)O)C(CCC)C(=O)O. The van der Waals surface area contributed by atoms with Crippen LogP contribution in [0.2, 0.25) is 0 Å². The summed E-state index contributed by atoms with van der Waals surface area (Å²) in [6.07, 6.45) is 21.9. The summed E-state index contributed by atoms with van der Waals surface area (Å²) in [7, 11) is 0. The first-order valence-corrected chi connectivity index (χ1v) is 15.9. The molecule has 0 saturated heterocycles. The third kappa shape index (κ3) is 13.8. The molecule has 0 aromatic carbocycles. The standard InChI is InChI=1S/C32H59NO6/c1-5-9-10-11-12-13-14-15-16-17-18-19-20-21-22-26-33(27(23-6-2)30(34)35,28(24-7-3)31(36)37)29(25-8-4)32(38)39/h18-19,27-29H,5-17,20-26H2,1-4H3,(H2-,34,35,36,37,38,39)/p+1/b19-18+. The zero-order chi connectivity index (χ0) is 29.5. The van der Waals surface area contributed by atoms with Crippen LogP contribution in [0.25, 0.3) is 0 Å². The molecule has 3 unspecified atom stereocenters. The molecule has 0 aromatic rings. The van der Waals surface area contributed by atoms with Crippen LogP contribution in [0.1, 0.15) is 150 Å². The lowest BCUT2D eigenvalue weighted by Gasteiger charge is -2.50. The van der Waals surface area contributed by atoms with E-state index in [0.29, 0.717) is 25.7 Å². The summed E-state index contributed by atoms with van der Waals surface area (Å²) in [5, 5.41) is 30.8. The Morgan fingerprint density at radius 1 is 0.513 bits per heavy atom. The van der Waals surface area contributed by atoms with E-state index < -0.39 is 40.5 Å². The Hall–Kier alpha value is -1.89. The van der Waals surface area contributed by atoms with E-state index in [9.17, 15) is 29.7 Å². The van der Waals surface area contributed by atoms with Crippen molar-refractivity contribution in [1.29, 1.82) is 0 Å². The monoisotopic (exact) mass is 554 g/mol. The fourth-order valence-corrected chi connectivity index (χ4v) is 6.10. The van der Waals surface area contributed by atoms with Crippen LogP contribution >= 0.6 is 0 Å². The van der Waals surface area contributed by atoms with Gasteiger partial charge in [-0.3, -0.25) is 4.48 Å². The average Bonchev–Trinajstić information content (AvgIpc) is 2.89. The van der Waals surface area contributed by atoms with E-state index in [1.54, 1.807) is 0 Å². The van der Waals surface area contributed by atoms with Gasteiger partial charge in [0.05, 0.1) is 6.54 Å². The van der Waals surface area contributed by atoms with E-state index in [1.807, 2.05) is 20.8 Å². The minimum absolute atomic E-state index is 0.247. The Balaban J connectivity index is 5.30. The summed E-state index contributed by atoms with van der Waals surface area (Å²) in [6, 6.07) is -3.17. The van der Waals surface area contributed by atoms with Crippen molar-refractivity contribution >= 4 is 17.9 Å². The summed E-state index contributed by atoms with van der Waals surface area (Å²) < 4.78 is -0.391. The van der Waals surface area contributed by atoms with E-state index in [-0.39, 0.29) is 25.8 Å². The molecule has 0 rings (SSSR count). The van der Waals surface area contributed by atoms with Gasteiger partial charge < -0.3 is 15.3 Å². The Bertz CT molecular complexity index is 632. The van der Waals surface area contributed by atoms with Gasteiger partial charge in [-0.1, -0.05) is 91.2 Å². The van der Waals surface area contributed by atoms with Crippen molar-refractivity contribution in [3.8, 4) is 0 Å². The Morgan fingerprint density at radius 2 is 0.846 bits per heavy atom. The molecule has 0 spiro atoms. The number of hydrogen-bond donors (Lipinski definition) is 3. The zero-order valence-corrected chi connectivity index (χ0v) is 25.5. The lowest BCUT2D eigenvalue weighted by Crippen LogP contribution is -2.72. The summed E-state index contributed by atoms with van der Waals surface area (Å²) in [6.45, 7) is 8.10. The number of carbonyl (C=O) groups is 3. The van der Waals surface area contributed by atoms with Crippen LogP contribution in [-0.4, -0.2) is 62.4 Å². The number of nitrogens with zero attached hydrogens (tertiary/aromatic N) is 1. The molecule has 7 nitrogen and oxygen atoms in total. The number of carboxylic acids is 3. The molecule has 0 aromatic heterocycles. The van der Waals surface area contributed by atoms with E-state index in [4.69, 9.17) is 0 Å². The van der Waals surface area contributed by atoms with E-state index in [2.05, 4.69) is 19.1 Å². The highest BCUT2D eigenvalue weighted by Gasteiger charge is 2.56. The van der Waals surface area contributed by atoms with Gasteiger partial charge in [-0.25, -0.2) is 14.4 Å². The fourth-order valence-electron chi connectivity index (χ4n) is 6.10. The van der Waals surface area contributed by atoms with E-state index >= 15 is 0 Å². The topological polar surface area (TPSA) is 112 Å². The third-order valence-electron chi connectivity index (χ3n) is 8.09. The highest BCUT2D eigenvalue weighted by atomic mass is 16.4. The van der Waals surface area contributed by atoms with Gasteiger partial charge in [0.15, 0.2) is 18.1 Å². The molecule has 3 N–H and O–H groups in total. The largest absolute Gasteiger partial charge is 0.477 e. The number of rotatable bonds is 27. The smallest absolute Gasteiger partial charge is 0.362 e. The van der Waals surface area contributed by atoms with Crippen molar-refractivity contribution < 1.29 is 34.2 Å². The molecule has 0 heterocycles. The molecule has 0 aliphatic rings. The number of quaternary nitrogens is 1. The van der Waals surface area contributed by atoms with Gasteiger partial charge >= 0.3 is 17.9 Å². The highest BCUT2D eigenvalue weighted by molar-refractivity contribution is 5.78. The number of hydrogen-bond acceptors (Lipinski definition) is 3. The van der Waals surface area contributed by atoms with Crippen molar-refractivity contribution in [2.75, 3.05) is 6.54 Å². The molecule has 0 fully saturated rings. The lowest BCUT2D eigenvalue weighted by molar-refractivity contribution is -0.973. The molecule has 3 atom stereocenters. The predicted octanol–water partition coefficient (Wildman–Crippen LogP) is 8.21. The first-order valence-electron chi connectivity index (χ1n) is 15.9. The van der Waals surface area contributed by atoms with Crippen LogP contribution in [0.4, 0.5) is 0 Å². The predicted molar refractivity (Wildman–Crippen MR) is 159 cm³/mol. The van der Waals surface area contributed by atoms with Crippen LogP contribution in [0.15, 0.2) is 12.2 Å². The van der Waals surface area contributed by atoms with Crippen LogP contribution in [0, 0.1) is 0 Å². The number of allylic oxidation sites excluding steroid dienone is 2. The summed E-state index contributed by atoms with van der Waals surface area (Å²) in [5.74, 6) is -3.28. The Kier molecular flexibility index (Phi) is 21.8. The first kappa shape index (κ1) is 37.1. The van der Waals surface area contributed by atoms with Crippen LogP contribution in [0.3, 0.4) is 0 Å². The van der Waals surface area contributed by atoms with Crippen molar-refractivity contribution in [2.24, 2.45) is 0 Å². The minimum Gasteiger partial charge on any atom is -0.477 e. The first-order chi connectivity index (χ1) is 18.7. The molecule has 7 heteroatoms. The molecule has 0 aliphatic heterocycles. The molecule has 0 bridgehead atoms. The molecule has 0 amide bonds. The minimum atomic E-state index is -1.09. The van der Waals surface area contributed by atoms with E-state index in [1.165, 1.54) is 57.8 Å². The van der Waals surface area contributed by atoms with E-state index in [0.717, 1.165) is 19.3 Å². The van der Waals surface area contributed by atoms with Crippen molar-refractivity contribution in [1.82, 2.24) is 0 Å². The summed E-state index contributed by atoms with van der Waals surface area (Å²) >= 11 is 0. The van der Waals surface area contributed by atoms with Gasteiger partial charge in [0, 0.05) is 19.3 Å². The molecule has 0 aliphatic carbocycles. The van der Waals surface area contributed by atoms with Gasteiger partial charge in [0.2, 0.25) is 0 Å². The molecule has 0 radical (unpaired) electrons. The number of aliphatic carboxylic acids is 3. The average molecular weight is 555 g/mol. The van der Waals surface area contributed by atoms with Crippen LogP contribution in [-0.2, 0) is 14.4 Å². The zero-order valence-electron chi connectivity index (χ0n) is 25.5. The maximum atomic E-state index is 12.5. The summed E-state index contributed by atoms with van der Waals surface area (Å²) in [4.78, 5) is 37.6. The van der Waals surface area contributed by atoms with Gasteiger partial charge in [0.1, 0.15) is 0 Å². The normalized spacial score (nSPS) is 15.6. The van der Waals surface area contributed by atoms with Gasteiger partial charge in [-0.05, 0) is 51.4 Å². The Morgan fingerprint density at radius 3 is 1.18 bits per heavy atom. The summed E-state index contributed by atoms with van der Waals surface area (Å²) in [5.41, 5.74) is 0. The number of unbranched alkanes of at least 4 members (excludes halogenated alkanes) is 11. The van der Waals surface area contributed by atoms with Gasteiger partial charge in [0.25, 0.3) is 0 Å². The van der Waals surface area contributed by atoms with Gasteiger partial charge in [-0.15, -0.1) is 0 Å². The fraction of sp³-hybridized carbons (Fsp3) is 0.844. The highest BCUT2D eigenvalue weighted by Crippen LogP contribution is 2.34. The molecular formula is C32H60NO6+. The van der Waals surface area contributed by atoms with Crippen LogP contribution < -0.4 is 0 Å². The maximum Gasteiger partial charge on any atom is 0.362 e. The lowest BCUT2D eigenvalue weighted by atomic mass is 9.91. The quantitative estimate of drug-likeness (QED) is 0.0536.